The van der Waals surface area contributed by atoms with Gasteiger partial charge in [-0.3, -0.25) is 5.84 Å². The maximum Gasteiger partial charge on any atom is 0.0621 e. The SMILES string of the molecule is NNc1cc(CCl)ccc1I. The lowest BCUT2D eigenvalue weighted by molar-refractivity contribution is 1.30. The number of halogens is 2. The highest BCUT2D eigenvalue weighted by Gasteiger charge is 1.97. The Morgan fingerprint density at radius 1 is 1.55 bits per heavy atom. The van der Waals surface area contributed by atoms with Gasteiger partial charge in [0.15, 0.2) is 0 Å². The molecule has 0 aliphatic heterocycles. The number of rotatable bonds is 2. The van der Waals surface area contributed by atoms with Gasteiger partial charge in [-0.25, -0.2) is 0 Å². The molecule has 11 heavy (non-hydrogen) atoms. The second kappa shape index (κ2) is 4.13. The molecule has 0 spiro atoms. The van der Waals surface area contributed by atoms with Gasteiger partial charge in [0.05, 0.1) is 5.69 Å². The van der Waals surface area contributed by atoms with Gasteiger partial charge in [0.25, 0.3) is 0 Å². The molecule has 0 heterocycles. The summed E-state index contributed by atoms with van der Waals surface area (Å²) in [4.78, 5) is 0. The molecule has 0 atom stereocenters. The van der Waals surface area contributed by atoms with Gasteiger partial charge < -0.3 is 5.43 Å². The van der Waals surface area contributed by atoms with Crippen LogP contribution in [0.3, 0.4) is 0 Å². The molecular formula is C7H8ClIN2. The second-order valence-corrected chi connectivity index (χ2v) is 3.52. The molecule has 1 aromatic carbocycles. The highest BCUT2D eigenvalue weighted by Crippen LogP contribution is 2.19. The largest absolute Gasteiger partial charge is 0.323 e. The zero-order chi connectivity index (χ0) is 8.27. The number of nitrogens with one attached hydrogen (secondary N) is 1. The Kier molecular flexibility index (Phi) is 3.42. The summed E-state index contributed by atoms with van der Waals surface area (Å²) in [5.74, 6) is 5.80. The topological polar surface area (TPSA) is 38.0 Å². The number of hydrogen-bond donors (Lipinski definition) is 2. The third-order valence-electron chi connectivity index (χ3n) is 1.34. The molecule has 1 rings (SSSR count). The normalized spacial score (nSPS) is 9.73. The van der Waals surface area contributed by atoms with E-state index in [1.807, 2.05) is 18.2 Å². The Balaban J connectivity index is 3.02. The Morgan fingerprint density at radius 2 is 2.27 bits per heavy atom. The number of hydrazine groups is 1. The maximum atomic E-state index is 5.64. The fourth-order valence-electron chi connectivity index (χ4n) is 0.766. The van der Waals surface area contributed by atoms with Gasteiger partial charge in [-0.1, -0.05) is 6.07 Å². The number of hydrogen-bond acceptors (Lipinski definition) is 2. The first kappa shape index (κ1) is 9.09. The maximum absolute atomic E-state index is 5.64. The summed E-state index contributed by atoms with van der Waals surface area (Å²) < 4.78 is 1.10. The molecule has 0 aliphatic rings. The van der Waals surface area contributed by atoms with E-state index in [-0.39, 0.29) is 0 Å². The van der Waals surface area contributed by atoms with Crippen molar-refractivity contribution in [2.24, 2.45) is 5.84 Å². The minimum Gasteiger partial charge on any atom is -0.323 e. The zero-order valence-electron chi connectivity index (χ0n) is 5.77. The fourth-order valence-corrected chi connectivity index (χ4v) is 1.42. The van der Waals surface area contributed by atoms with Crippen molar-refractivity contribution in [3.05, 3.63) is 27.3 Å². The van der Waals surface area contributed by atoms with Crippen LogP contribution in [0.15, 0.2) is 18.2 Å². The molecule has 3 N–H and O–H groups in total. The van der Waals surface area contributed by atoms with Crippen molar-refractivity contribution < 1.29 is 0 Å². The quantitative estimate of drug-likeness (QED) is 0.378. The van der Waals surface area contributed by atoms with Crippen molar-refractivity contribution in [3.63, 3.8) is 0 Å². The summed E-state index contributed by atoms with van der Waals surface area (Å²) in [5, 5.41) is 0. The average Bonchev–Trinajstić information content (AvgIpc) is 2.05. The number of nitrogen functional groups attached to an aromatic ring is 1. The summed E-state index contributed by atoms with van der Waals surface area (Å²) in [7, 11) is 0. The van der Waals surface area contributed by atoms with Crippen molar-refractivity contribution in [1.29, 1.82) is 0 Å². The van der Waals surface area contributed by atoms with Gasteiger partial charge in [0.1, 0.15) is 0 Å². The van der Waals surface area contributed by atoms with Crippen LogP contribution >= 0.6 is 34.2 Å². The zero-order valence-corrected chi connectivity index (χ0v) is 8.69. The molecule has 0 fully saturated rings. The van der Waals surface area contributed by atoms with Crippen molar-refractivity contribution >= 4 is 39.9 Å². The van der Waals surface area contributed by atoms with E-state index in [1.54, 1.807) is 0 Å². The van der Waals surface area contributed by atoms with Gasteiger partial charge in [-0.15, -0.1) is 11.6 Å². The highest BCUT2D eigenvalue weighted by molar-refractivity contribution is 14.1. The van der Waals surface area contributed by atoms with Crippen molar-refractivity contribution in [1.82, 2.24) is 0 Å². The lowest BCUT2D eigenvalue weighted by atomic mass is 10.2. The van der Waals surface area contributed by atoms with E-state index in [4.69, 9.17) is 17.4 Å². The summed E-state index contributed by atoms with van der Waals surface area (Å²) >= 11 is 7.84. The number of alkyl halides is 1. The molecule has 0 aromatic heterocycles. The van der Waals surface area contributed by atoms with Crippen LogP contribution < -0.4 is 11.3 Å². The third-order valence-corrected chi connectivity index (χ3v) is 2.59. The summed E-state index contributed by atoms with van der Waals surface area (Å²) in [6, 6.07) is 5.90. The van der Waals surface area contributed by atoms with Crippen LogP contribution in [0.2, 0.25) is 0 Å². The van der Waals surface area contributed by atoms with Crippen LogP contribution in [-0.2, 0) is 5.88 Å². The van der Waals surface area contributed by atoms with Crippen LogP contribution in [0.25, 0.3) is 0 Å². The van der Waals surface area contributed by atoms with Crippen molar-refractivity contribution in [2.75, 3.05) is 5.43 Å². The molecule has 0 saturated heterocycles. The molecule has 0 amide bonds. The molecule has 1 aromatic rings. The van der Waals surface area contributed by atoms with Crippen LogP contribution in [0.4, 0.5) is 5.69 Å². The van der Waals surface area contributed by atoms with Crippen LogP contribution in [0.1, 0.15) is 5.56 Å². The van der Waals surface area contributed by atoms with Gasteiger partial charge >= 0.3 is 0 Å². The third kappa shape index (κ3) is 2.21. The van der Waals surface area contributed by atoms with Gasteiger partial charge in [-0.2, -0.15) is 0 Å². The monoisotopic (exact) mass is 282 g/mol. The van der Waals surface area contributed by atoms with E-state index < -0.39 is 0 Å². The van der Waals surface area contributed by atoms with Gasteiger partial charge in [0, 0.05) is 9.45 Å². The molecule has 0 saturated carbocycles. The lowest BCUT2D eigenvalue weighted by Gasteiger charge is -2.04. The average molecular weight is 283 g/mol. The fraction of sp³-hybridized carbons (Fsp3) is 0.143. The van der Waals surface area contributed by atoms with Crippen LogP contribution in [0, 0.1) is 3.57 Å². The van der Waals surface area contributed by atoms with E-state index in [0.717, 1.165) is 14.8 Å². The predicted molar refractivity (Wildman–Crippen MR) is 56.5 cm³/mol. The molecule has 60 valence electrons. The smallest absolute Gasteiger partial charge is 0.0621 e. The van der Waals surface area contributed by atoms with Crippen LogP contribution in [-0.4, -0.2) is 0 Å². The molecule has 0 radical (unpaired) electrons. The Labute approximate surface area is 84.2 Å². The van der Waals surface area contributed by atoms with E-state index in [9.17, 15) is 0 Å². The Morgan fingerprint density at radius 3 is 2.82 bits per heavy atom. The number of benzene rings is 1. The molecule has 0 bridgehead atoms. The molecule has 2 nitrogen and oxygen atoms in total. The molecule has 4 heteroatoms. The van der Waals surface area contributed by atoms with Gasteiger partial charge in [-0.05, 0) is 40.3 Å². The minimum atomic E-state index is 0.519. The standard InChI is InChI=1S/C7H8ClIN2/c8-4-5-1-2-6(9)7(3-5)11-10/h1-3,11H,4,10H2. The van der Waals surface area contributed by atoms with Crippen molar-refractivity contribution in [3.8, 4) is 0 Å². The first-order valence-corrected chi connectivity index (χ1v) is 4.70. The first-order valence-electron chi connectivity index (χ1n) is 3.09. The summed E-state index contributed by atoms with van der Waals surface area (Å²) in [6.45, 7) is 0. The van der Waals surface area contributed by atoms with E-state index in [2.05, 4.69) is 28.0 Å². The lowest BCUT2D eigenvalue weighted by Crippen LogP contribution is -2.08. The van der Waals surface area contributed by atoms with Gasteiger partial charge in [0.2, 0.25) is 0 Å². The number of anilines is 1. The second-order valence-electron chi connectivity index (χ2n) is 2.09. The summed E-state index contributed by atoms with van der Waals surface area (Å²) in [6.07, 6.45) is 0. The molecule has 0 unspecified atom stereocenters. The van der Waals surface area contributed by atoms with Crippen molar-refractivity contribution in [2.45, 2.75) is 5.88 Å². The van der Waals surface area contributed by atoms with Crippen LogP contribution in [0.5, 0.6) is 0 Å². The van der Waals surface area contributed by atoms with E-state index in [1.165, 1.54) is 0 Å². The molecule has 0 aliphatic carbocycles. The Bertz CT molecular complexity index is 252. The Hall–Kier alpha value is -0.000000000000000111. The minimum absolute atomic E-state index is 0.519. The first-order chi connectivity index (χ1) is 5.27. The summed E-state index contributed by atoms with van der Waals surface area (Å²) in [5.41, 5.74) is 4.59. The number of nitrogens with two attached hydrogens (primary N) is 1. The van der Waals surface area contributed by atoms with E-state index in [0.29, 0.717) is 5.88 Å². The molecular weight excluding hydrogens is 274 g/mol. The predicted octanol–water partition coefficient (Wildman–Crippen LogP) is 2.32. The highest BCUT2D eigenvalue weighted by atomic mass is 127. The van der Waals surface area contributed by atoms with E-state index >= 15 is 0 Å².